The largest absolute Gasteiger partial charge is 0.433 e. The van der Waals surface area contributed by atoms with Gasteiger partial charge in [-0.1, -0.05) is 17.7 Å². The Kier molecular flexibility index (Phi) is 6.30. The van der Waals surface area contributed by atoms with Crippen LogP contribution in [-0.4, -0.2) is 42.1 Å². The van der Waals surface area contributed by atoms with Crippen molar-refractivity contribution in [2.75, 3.05) is 37.8 Å². The van der Waals surface area contributed by atoms with E-state index in [9.17, 15) is 13.2 Å². The summed E-state index contributed by atoms with van der Waals surface area (Å²) in [6, 6.07) is 4.42. The molecule has 0 fully saturated rings. The molecule has 0 bridgehead atoms. The van der Waals surface area contributed by atoms with Crippen LogP contribution in [0.2, 0.25) is 5.02 Å². The summed E-state index contributed by atoms with van der Waals surface area (Å²) >= 11 is 6.12. The SMILES string of the molecule is Cc1ccc(Cl)c(C)c1Nc1cc(C(F)(F)F)nc(NCCN(C)C)n1. The van der Waals surface area contributed by atoms with Gasteiger partial charge in [0.15, 0.2) is 5.69 Å². The molecule has 2 aromatic rings. The van der Waals surface area contributed by atoms with Crippen LogP contribution in [0.1, 0.15) is 16.8 Å². The van der Waals surface area contributed by atoms with Crippen LogP contribution in [0.4, 0.5) is 30.6 Å². The second-order valence-corrected chi connectivity index (χ2v) is 6.59. The van der Waals surface area contributed by atoms with Crippen LogP contribution in [0, 0.1) is 13.8 Å². The van der Waals surface area contributed by atoms with E-state index in [0.29, 0.717) is 23.8 Å². The first kappa shape index (κ1) is 20.3. The van der Waals surface area contributed by atoms with Gasteiger partial charge in [0.25, 0.3) is 0 Å². The number of anilines is 3. The Bertz CT molecular complexity index is 778. The van der Waals surface area contributed by atoms with E-state index in [2.05, 4.69) is 20.6 Å². The molecule has 0 spiro atoms. The lowest BCUT2D eigenvalue weighted by atomic mass is 10.1. The molecule has 5 nitrogen and oxygen atoms in total. The van der Waals surface area contributed by atoms with E-state index in [0.717, 1.165) is 17.2 Å². The summed E-state index contributed by atoms with van der Waals surface area (Å²) in [5, 5.41) is 6.29. The van der Waals surface area contributed by atoms with Gasteiger partial charge < -0.3 is 15.5 Å². The van der Waals surface area contributed by atoms with Gasteiger partial charge >= 0.3 is 6.18 Å². The van der Waals surface area contributed by atoms with E-state index in [1.807, 2.05) is 25.9 Å². The van der Waals surface area contributed by atoms with Crippen molar-refractivity contribution in [3.05, 3.63) is 40.0 Å². The van der Waals surface area contributed by atoms with Crippen LogP contribution in [0.3, 0.4) is 0 Å². The average Bonchev–Trinajstić information content (AvgIpc) is 2.54. The van der Waals surface area contributed by atoms with Crippen molar-refractivity contribution in [1.29, 1.82) is 0 Å². The number of benzene rings is 1. The van der Waals surface area contributed by atoms with E-state index < -0.39 is 11.9 Å². The minimum Gasteiger partial charge on any atom is -0.353 e. The number of aromatic nitrogens is 2. The van der Waals surface area contributed by atoms with Gasteiger partial charge in [0.2, 0.25) is 5.95 Å². The van der Waals surface area contributed by atoms with E-state index in [1.165, 1.54) is 0 Å². The van der Waals surface area contributed by atoms with Crippen LogP contribution in [0.5, 0.6) is 0 Å². The molecule has 2 N–H and O–H groups in total. The number of hydrogen-bond donors (Lipinski definition) is 2. The summed E-state index contributed by atoms with van der Waals surface area (Å²) < 4.78 is 39.6. The summed E-state index contributed by atoms with van der Waals surface area (Å²) in [7, 11) is 3.73. The van der Waals surface area contributed by atoms with Crippen LogP contribution >= 0.6 is 11.6 Å². The third kappa shape index (κ3) is 5.22. The zero-order valence-electron chi connectivity index (χ0n) is 15.0. The molecular weight excluding hydrogens is 367 g/mol. The smallest absolute Gasteiger partial charge is 0.353 e. The zero-order chi connectivity index (χ0) is 19.5. The molecule has 0 unspecified atom stereocenters. The monoisotopic (exact) mass is 387 g/mol. The first-order chi connectivity index (χ1) is 12.1. The van der Waals surface area contributed by atoms with Gasteiger partial charge in [-0.15, -0.1) is 0 Å². The first-order valence-corrected chi connectivity index (χ1v) is 8.33. The van der Waals surface area contributed by atoms with Gasteiger partial charge in [0.05, 0.1) is 0 Å². The van der Waals surface area contributed by atoms with Gasteiger partial charge in [-0.2, -0.15) is 18.2 Å². The van der Waals surface area contributed by atoms with Crippen LogP contribution in [0.15, 0.2) is 18.2 Å². The first-order valence-electron chi connectivity index (χ1n) is 7.95. The molecule has 0 radical (unpaired) electrons. The number of likely N-dealkylation sites (N-methyl/N-ethyl adjacent to an activating group) is 1. The molecule has 1 heterocycles. The summed E-state index contributed by atoms with van der Waals surface area (Å²) in [5.41, 5.74) is 1.20. The van der Waals surface area contributed by atoms with E-state index in [4.69, 9.17) is 11.6 Å². The van der Waals surface area contributed by atoms with Crippen LogP contribution in [0.25, 0.3) is 0 Å². The Morgan fingerprint density at radius 2 is 1.85 bits per heavy atom. The number of hydrogen-bond acceptors (Lipinski definition) is 5. The maximum absolute atomic E-state index is 13.2. The minimum atomic E-state index is -4.57. The molecule has 9 heteroatoms. The average molecular weight is 388 g/mol. The van der Waals surface area contributed by atoms with Crippen molar-refractivity contribution in [2.24, 2.45) is 0 Å². The van der Waals surface area contributed by atoms with Gasteiger partial charge in [0, 0.05) is 29.9 Å². The predicted molar refractivity (Wildman–Crippen MR) is 98.3 cm³/mol. The molecular formula is C17H21ClF3N5. The summed E-state index contributed by atoms with van der Waals surface area (Å²) in [5.74, 6) is -0.0327. The highest BCUT2D eigenvalue weighted by atomic mass is 35.5. The van der Waals surface area contributed by atoms with Crippen molar-refractivity contribution in [1.82, 2.24) is 14.9 Å². The Labute approximate surface area is 155 Å². The Morgan fingerprint density at radius 1 is 1.15 bits per heavy atom. The fourth-order valence-corrected chi connectivity index (χ4v) is 2.43. The highest BCUT2D eigenvalue weighted by Gasteiger charge is 2.33. The quantitative estimate of drug-likeness (QED) is 0.765. The summed E-state index contributed by atoms with van der Waals surface area (Å²) in [6.45, 7) is 4.69. The number of nitrogens with one attached hydrogen (secondary N) is 2. The third-order valence-corrected chi connectivity index (χ3v) is 4.13. The standard InChI is InChI=1S/C17H21ClF3N5/c1-10-5-6-12(18)11(2)15(10)24-14-9-13(17(19,20)21)23-16(25-14)22-7-8-26(3)4/h5-6,9H,7-8H2,1-4H3,(H2,22,23,24,25). The minimum absolute atomic E-state index is 0.0492. The van der Waals surface area contributed by atoms with Crippen molar-refractivity contribution < 1.29 is 13.2 Å². The Balaban J connectivity index is 2.37. The van der Waals surface area contributed by atoms with Crippen molar-refractivity contribution in [2.45, 2.75) is 20.0 Å². The fourth-order valence-electron chi connectivity index (χ4n) is 2.27. The number of aryl methyl sites for hydroxylation is 1. The van der Waals surface area contributed by atoms with E-state index in [1.54, 1.807) is 19.1 Å². The summed E-state index contributed by atoms with van der Waals surface area (Å²) in [4.78, 5) is 9.63. The van der Waals surface area contributed by atoms with Gasteiger partial charge in [-0.25, -0.2) is 4.98 Å². The topological polar surface area (TPSA) is 53.1 Å². The van der Waals surface area contributed by atoms with Crippen molar-refractivity contribution in [3.63, 3.8) is 0 Å². The number of nitrogens with zero attached hydrogens (tertiary/aromatic N) is 3. The van der Waals surface area contributed by atoms with E-state index >= 15 is 0 Å². The Hall–Kier alpha value is -2.06. The van der Waals surface area contributed by atoms with Gasteiger partial charge in [-0.3, -0.25) is 0 Å². The number of alkyl halides is 3. The molecule has 1 aromatic carbocycles. The highest BCUT2D eigenvalue weighted by molar-refractivity contribution is 6.31. The molecule has 142 valence electrons. The van der Waals surface area contributed by atoms with E-state index in [-0.39, 0.29) is 11.8 Å². The molecule has 26 heavy (non-hydrogen) atoms. The molecule has 0 aliphatic carbocycles. The molecule has 2 rings (SSSR count). The number of rotatable bonds is 6. The van der Waals surface area contributed by atoms with Gasteiger partial charge in [0.1, 0.15) is 5.82 Å². The molecule has 0 aliphatic rings. The van der Waals surface area contributed by atoms with Crippen molar-refractivity contribution in [3.8, 4) is 0 Å². The lowest BCUT2D eigenvalue weighted by Gasteiger charge is -2.16. The van der Waals surface area contributed by atoms with Crippen LogP contribution in [-0.2, 0) is 6.18 Å². The molecule has 0 saturated carbocycles. The molecule has 0 aliphatic heterocycles. The molecule has 1 aromatic heterocycles. The van der Waals surface area contributed by atoms with Crippen LogP contribution < -0.4 is 10.6 Å². The molecule has 0 atom stereocenters. The second kappa shape index (κ2) is 8.09. The third-order valence-electron chi connectivity index (χ3n) is 3.72. The Morgan fingerprint density at radius 3 is 2.46 bits per heavy atom. The maximum atomic E-state index is 13.2. The lowest BCUT2D eigenvalue weighted by molar-refractivity contribution is -0.141. The lowest BCUT2D eigenvalue weighted by Crippen LogP contribution is -2.22. The maximum Gasteiger partial charge on any atom is 0.433 e. The molecule has 0 saturated heterocycles. The normalized spacial score (nSPS) is 11.7. The predicted octanol–water partition coefficient (Wildman–Crippen LogP) is 4.48. The zero-order valence-corrected chi connectivity index (χ0v) is 15.8. The second-order valence-electron chi connectivity index (χ2n) is 6.18. The van der Waals surface area contributed by atoms with Crippen molar-refractivity contribution >= 4 is 29.1 Å². The molecule has 0 amide bonds. The fraction of sp³-hybridized carbons (Fsp3) is 0.412. The summed E-state index contributed by atoms with van der Waals surface area (Å²) in [6.07, 6.45) is -4.57. The number of halogens is 4. The van der Waals surface area contributed by atoms with Gasteiger partial charge in [-0.05, 0) is 45.1 Å². The highest BCUT2D eigenvalue weighted by Crippen LogP contribution is 2.33.